The maximum atomic E-state index is 12.7. The standard InChI is InChI=1S/C19H24N4O/c1-15(2)9-13-22-11-4-8-18(22)19(24)21-16-6-3-7-17(14-16)23-12-5-10-20-23/h3,5-7,9-10,12,14,18H,4,8,11,13H2,1-2H3,(H,21,24)/t18-/m1/s1. The zero-order chi connectivity index (χ0) is 16.9. The summed E-state index contributed by atoms with van der Waals surface area (Å²) in [6, 6.07) is 9.60. The number of amides is 1. The molecule has 1 aliphatic rings. The molecule has 1 saturated heterocycles. The van der Waals surface area contributed by atoms with Crippen LogP contribution in [-0.4, -0.2) is 39.7 Å². The number of aromatic nitrogens is 2. The number of nitrogens with zero attached hydrogens (tertiary/aromatic N) is 3. The fourth-order valence-electron chi connectivity index (χ4n) is 3.01. The van der Waals surface area contributed by atoms with E-state index in [-0.39, 0.29) is 11.9 Å². The lowest BCUT2D eigenvalue weighted by Crippen LogP contribution is -2.39. The van der Waals surface area contributed by atoms with Crippen molar-refractivity contribution in [3.05, 3.63) is 54.4 Å². The fraction of sp³-hybridized carbons (Fsp3) is 0.368. The van der Waals surface area contributed by atoms with E-state index in [9.17, 15) is 4.79 Å². The lowest BCUT2D eigenvalue weighted by atomic mass is 10.2. The highest BCUT2D eigenvalue weighted by Crippen LogP contribution is 2.20. The second-order valence-corrected chi connectivity index (χ2v) is 6.42. The van der Waals surface area contributed by atoms with Crippen LogP contribution in [0.1, 0.15) is 26.7 Å². The molecule has 126 valence electrons. The van der Waals surface area contributed by atoms with Gasteiger partial charge in [-0.2, -0.15) is 5.10 Å². The number of benzene rings is 1. The average Bonchev–Trinajstić information content (AvgIpc) is 3.24. The van der Waals surface area contributed by atoms with Crippen molar-refractivity contribution in [3.8, 4) is 5.69 Å². The van der Waals surface area contributed by atoms with Gasteiger partial charge in [-0.1, -0.05) is 17.7 Å². The second-order valence-electron chi connectivity index (χ2n) is 6.42. The van der Waals surface area contributed by atoms with Crippen molar-refractivity contribution in [2.75, 3.05) is 18.4 Å². The molecule has 0 radical (unpaired) electrons. The van der Waals surface area contributed by atoms with E-state index >= 15 is 0 Å². The van der Waals surface area contributed by atoms with Crippen molar-refractivity contribution in [2.45, 2.75) is 32.7 Å². The molecule has 0 spiro atoms. The number of nitrogens with one attached hydrogen (secondary N) is 1. The van der Waals surface area contributed by atoms with Gasteiger partial charge in [0.1, 0.15) is 0 Å². The first-order chi connectivity index (χ1) is 11.6. The summed E-state index contributed by atoms with van der Waals surface area (Å²) < 4.78 is 1.78. The van der Waals surface area contributed by atoms with Crippen molar-refractivity contribution < 1.29 is 4.79 Å². The number of likely N-dealkylation sites (tertiary alicyclic amines) is 1. The molecule has 0 unspecified atom stereocenters. The van der Waals surface area contributed by atoms with E-state index < -0.39 is 0 Å². The van der Waals surface area contributed by atoms with Crippen molar-refractivity contribution in [2.24, 2.45) is 0 Å². The molecule has 1 aromatic heterocycles. The number of hydrogen-bond donors (Lipinski definition) is 1. The summed E-state index contributed by atoms with van der Waals surface area (Å²) >= 11 is 0. The minimum absolute atomic E-state index is 0.0473. The number of allylic oxidation sites excluding steroid dienone is 1. The first-order valence-corrected chi connectivity index (χ1v) is 8.42. The molecule has 5 nitrogen and oxygen atoms in total. The fourth-order valence-corrected chi connectivity index (χ4v) is 3.01. The molecule has 1 aromatic carbocycles. The largest absolute Gasteiger partial charge is 0.325 e. The third kappa shape index (κ3) is 3.92. The normalized spacial score (nSPS) is 17.7. The summed E-state index contributed by atoms with van der Waals surface area (Å²) in [5, 5.41) is 7.29. The molecule has 1 atom stereocenters. The van der Waals surface area contributed by atoms with Crippen LogP contribution < -0.4 is 5.32 Å². The van der Waals surface area contributed by atoms with Crippen LogP contribution in [-0.2, 0) is 4.79 Å². The summed E-state index contributed by atoms with van der Waals surface area (Å²) in [4.78, 5) is 14.9. The van der Waals surface area contributed by atoms with Crippen LogP contribution >= 0.6 is 0 Å². The predicted molar refractivity (Wildman–Crippen MR) is 96.2 cm³/mol. The van der Waals surface area contributed by atoms with Gasteiger partial charge in [-0.25, -0.2) is 4.68 Å². The molecule has 1 aliphatic heterocycles. The topological polar surface area (TPSA) is 50.2 Å². The zero-order valence-electron chi connectivity index (χ0n) is 14.3. The van der Waals surface area contributed by atoms with Crippen molar-refractivity contribution >= 4 is 11.6 Å². The molecule has 0 aliphatic carbocycles. The van der Waals surface area contributed by atoms with E-state index in [1.54, 1.807) is 10.9 Å². The van der Waals surface area contributed by atoms with Crippen molar-refractivity contribution in [1.82, 2.24) is 14.7 Å². The van der Waals surface area contributed by atoms with Gasteiger partial charge in [0, 0.05) is 24.6 Å². The SMILES string of the molecule is CC(C)=CCN1CCC[C@@H]1C(=O)Nc1cccc(-n2cccn2)c1. The molecule has 3 rings (SSSR count). The first kappa shape index (κ1) is 16.5. The van der Waals surface area contributed by atoms with Gasteiger partial charge < -0.3 is 5.32 Å². The summed E-state index contributed by atoms with van der Waals surface area (Å²) in [7, 11) is 0. The minimum Gasteiger partial charge on any atom is -0.325 e. The van der Waals surface area contributed by atoms with Gasteiger partial charge in [0.25, 0.3) is 0 Å². The Kier molecular flexibility index (Phi) is 5.11. The van der Waals surface area contributed by atoms with Gasteiger partial charge >= 0.3 is 0 Å². The molecular weight excluding hydrogens is 300 g/mol. The Morgan fingerprint density at radius 1 is 1.38 bits per heavy atom. The number of rotatable bonds is 5. The van der Waals surface area contributed by atoms with Crippen molar-refractivity contribution in [1.29, 1.82) is 0 Å². The maximum absolute atomic E-state index is 12.7. The van der Waals surface area contributed by atoms with E-state index in [0.29, 0.717) is 0 Å². The van der Waals surface area contributed by atoms with Crippen LogP contribution in [0.5, 0.6) is 0 Å². The second kappa shape index (κ2) is 7.45. The molecule has 2 aromatic rings. The summed E-state index contributed by atoms with van der Waals surface area (Å²) in [5.74, 6) is 0.0762. The molecule has 1 amide bonds. The van der Waals surface area contributed by atoms with E-state index in [2.05, 4.69) is 35.2 Å². The summed E-state index contributed by atoms with van der Waals surface area (Å²) in [5.41, 5.74) is 3.03. The lowest BCUT2D eigenvalue weighted by Gasteiger charge is -2.22. The molecule has 1 N–H and O–H groups in total. The predicted octanol–water partition coefficient (Wildman–Crippen LogP) is 3.24. The van der Waals surface area contributed by atoms with Gasteiger partial charge in [0.2, 0.25) is 5.91 Å². The number of carbonyl (C=O) groups is 1. The molecular formula is C19H24N4O. The lowest BCUT2D eigenvalue weighted by molar-refractivity contribution is -0.120. The average molecular weight is 324 g/mol. The van der Waals surface area contributed by atoms with Gasteiger partial charge in [0.15, 0.2) is 0 Å². The number of hydrogen-bond acceptors (Lipinski definition) is 3. The molecule has 24 heavy (non-hydrogen) atoms. The Labute approximate surface area is 143 Å². The van der Waals surface area contributed by atoms with Crippen LogP contribution in [0.4, 0.5) is 5.69 Å². The minimum atomic E-state index is -0.0473. The Morgan fingerprint density at radius 2 is 2.25 bits per heavy atom. The Bertz CT molecular complexity index is 717. The van der Waals surface area contributed by atoms with Crippen LogP contribution in [0.15, 0.2) is 54.4 Å². The van der Waals surface area contributed by atoms with Gasteiger partial charge in [-0.05, 0) is 57.5 Å². The smallest absolute Gasteiger partial charge is 0.241 e. The van der Waals surface area contributed by atoms with E-state index in [1.165, 1.54) is 5.57 Å². The van der Waals surface area contributed by atoms with Crippen molar-refractivity contribution in [3.63, 3.8) is 0 Å². The van der Waals surface area contributed by atoms with E-state index in [0.717, 1.165) is 37.3 Å². The van der Waals surface area contributed by atoms with E-state index in [1.807, 2.05) is 36.5 Å². The van der Waals surface area contributed by atoms with E-state index in [4.69, 9.17) is 0 Å². The third-order valence-electron chi connectivity index (χ3n) is 4.28. The zero-order valence-corrected chi connectivity index (χ0v) is 14.3. The quantitative estimate of drug-likeness (QED) is 0.859. The molecule has 0 bridgehead atoms. The Balaban J connectivity index is 1.68. The van der Waals surface area contributed by atoms with Crippen LogP contribution in [0.25, 0.3) is 5.69 Å². The Hall–Kier alpha value is -2.40. The maximum Gasteiger partial charge on any atom is 0.241 e. The summed E-state index contributed by atoms with van der Waals surface area (Å²) in [6.45, 7) is 6.00. The monoisotopic (exact) mass is 324 g/mol. The number of anilines is 1. The first-order valence-electron chi connectivity index (χ1n) is 8.42. The third-order valence-corrected chi connectivity index (χ3v) is 4.28. The van der Waals surface area contributed by atoms with Gasteiger partial charge in [0.05, 0.1) is 11.7 Å². The summed E-state index contributed by atoms with van der Waals surface area (Å²) in [6.07, 6.45) is 7.80. The Morgan fingerprint density at radius 3 is 3.00 bits per heavy atom. The van der Waals surface area contributed by atoms with Crippen LogP contribution in [0, 0.1) is 0 Å². The van der Waals surface area contributed by atoms with Crippen LogP contribution in [0.2, 0.25) is 0 Å². The highest BCUT2D eigenvalue weighted by atomic mass is 16.2. The molecule has 2 heterocycles. The molecule has 0 saturated carbocycles. The highest BCUT2D eigenvalue weighted by Gasteiger charge is 2.29. The highest BCUT2D eigenvalue weighted by molar-refractivity contribution is 5.95. The number of carbonyl (C=O) groups excluding carboxylic acids is 1. The van der Waals surface area contributed by atoms with Gasteiger partial charge in [-0.3, -0.25) is 9.69 Å². The van der Waals surface area contributed by atoms with Gasteiger partial charge in [-0.15, -0.1) is 0 Å². The molecule has 5 heteroatoms. The molecule has 1 fully saturated rings. The van der Waals surface area contributed by atoms with Crippen LogP contribution in [0.3, 0.4) is 0 Å².